The second-order valence-corrected chi connectivity index (χ2v) is 6.09. The third kappa shape index (κ3) is 3.05. The smallest absolute Gasteiger partial charge is 0.240 e. The van der Waals surface area contributed by atoms with Gasteiger partial charge in [-0.3, -0.25) is 4.90 Å². The van der Waals surface area contributed by atoms with E-state index in [0.717, 1.165) is 26.1 Å². The zero-order valence-electron chi connectivity index (χ0n) is 13.6. The molecular weight excluding hydrogens is 302 g/mol. The molecule has 1 aliphatic rings. The maximum Gasteiger partial charge on any atom is 0.240 e. The first-order valence-electron chi connectivity index (χ1n) is 8.23. The largest absolute Gasteiger partial charge is 0.338 e. The molecule has 0 bridgehead atoms. The molecule has 1 aromatic carbocycles. The van der Waals surface area contributed by atoms with Crippen LogP contribution in [0.4, 0.5) is 0 Å². The lowest BCUT2D eigenvalue weighted by molar-refractivity contribution is 0.117. The van der Waals surface area contributed by atoms with Crippen LogP contribution >= 0.6 is 0 Å². The van der Waals surface area contributed by atoms with Gasteiger partial charge >= 0.3 is 0 Å². The summed E-state index contributed by atoms with van der Waals surface area (Å²) in [4.78, 5) is 15.1. The number of aromatic nitrogens is 4. The van der Waals surface area contributed by atoms with E-state index in [-0.39, 0.29) is 0 Å². The van der Waals surface area contributed by atoms with E-state index in [0.29, 0.717) is 23.5 Å². The molecule has 6 heteroatoms. The van der Waals surface area contributed by atoms with Gasteiger partial charge in [-0.05, 0) is 23.6 Å². The van der Waals surface area contributed by atoms with Gasteiger partial charge < -0.3 is 4.52 Å². The molecule has 3 heterocycles. The molecule has 0 spiro atoms. The van der Waals surface area contributed by atoms with Crippen LogP contribution in [0.5, 0.6) is 0 Å². The molecule has 122 valence electrons. The minimum atomic E-state index is 0.296. The van der Waals surface area contributed by atoms with Gasteiger partial charge in [-0.15, -0.1) is 0 Å². The van der Waals surface area contributed by atoms with Crippen molar-refractivity contribution < 1.29 is 4.52 Å². The minimum absolute atomic E-state index is 0.296. The summed E-state index contributed by atoms with van der Waals surface area (Å²) >= 11 is 0. The van der Waals surface area contributed by atoms with Crippen LogP contribution in [0.25, 0.3) is 11.6 Å². The molecule has 0 N–H and O–H groups in total. The fourth-order valence-electron chi connectivity index (χ4n) is 2.90. The summed E-state index contributed by atoms with van der Waals surface area (Å²) in [5, 5.41) is 3.99. The molecule has 0 unspecified atom stereocenters. The molecule has 0 saturated carbocycles. The first-order valence-corrected chi connectivity index (χ1v) is 8.23. The fraction of sp³-hybridized carbons (Fsp3) is 0.333. The van der Waals surface area contributed by atoms with E-state index in [1.54, 1.807) is 18.5 Å². The Labute approximate surface area is 140 Å². The van der Waals surface area contributed by atoms with Gasteiger partial charge in [0, 0.05) is 32.0 Å². The highest BCUT2D eigenvalue weighted by molar-refractivity contribution is 5.40. The van der Waals surface area contributed by atoms with Crippen molar-refractivity contribution >= 4 is 0 Å². The fourth-order valence-corrected chi connectivity index (χ4v) is 2.90. The SMILES string of the molecule is CCc1ccc(CN2CC(c3nc(-c4ncccn4)no3)C2)cc1. The second-order valence-electron chi connectivity index (χ2n) is 6.09. The van der Waals surface area contributed by atoms with Crippen molar-refractivity contribution in [2.24, 2.45) is 0 Å². The van der Waals surface area contributed by atoms with Crippen molar-refractivity contribution in [3.8, 4) is 11.6 Å². The van der Waals surface area contributed by atoms with Crippen molar-refractivity contribution in [3.63, 3.8) is 0 Å². The van der Waals surface area contributed by atoms with Crippen LogP contribution in [0.2, 0.25) is 0 Å². The average molecular weight is 321 g/mol. The number of benzene rings is 1. The third-order valence-corrected chi connectivity index (χ3v) is 4.35. The van der Waals surface area contributed by atoms with Crippen LogP contribution in [-0.4, -0.2) is 38.1 Å². The Hall–Kier alpha value is -2.60. The Morgan fingerprint density at radius 1 is 1.04 bits per heavy atom. The Morgan fingerprint density at radius 3 is 2.46 bits per heavy atom. The predicted molar refractivity (Wildman–Crippen MR) is 89.2 cm³/mol. The molecule has 24 heavy (non-hydrogen) atoms. The minimum Gasteiger partial charge on any atom is -0.338 e. The van der Waals surface area contributed by atoms with Crippen molar-refractivity contribution in [1.29, 1.82) is 0 Å². The lowest BCUT2D eigenvalue weighted by Gasteiger charge is -2.37. The lowest BCUT2D eigenvalue weighted by atomic mass is 9.99. The molecule has 0 amide bonds. The van der Waals surface area contributed by atoms with Crippen LogP contribution in [0.3, 0.4) is 0 Å². The molecule has 0 aliphatic carbocycles. The molecule has 1 aliphatic heterocycles. The van der Waals surface area contributed by atoms with E-state index in [4.69, 9.17) is 4.52 Å². The number of hydrogen-bond donors (Lipinski definition) is 0. The number of rotatable bonds is 5. The summed E-state index contributed by atoms with van der Waals surface area (Å²) in [6, 6.07) is 10.6. The van der Waals surface area contributed by atoms with Crippen LogP contribution < -0.4 is 0 Å². The molecule has 4 rings (SSSR count). The van der Waals surface area contributed by atoms with E-state index in [1.165, 1.54) is 11.1 Å². The molecule has 3 aromatic rings. The second kappa shape index (κ2) is 6.49. The molecule has 0 radical (unpaired) electrons. The normalized spacial score (nSPS) is 15.4. The maximum absolute atomic E-state index is 5.38. The van der Waals surface area contributed by atoms with Gasteiger partial charge in [0.05, 0.1) is 5.92 Å². The lowest BCUT2D eigenvalue weighted by Crippen LogP contribution is -2.44. The number of nitrogens with zero attached hydrogens (tertiary/aromatic N) is 5. The van der Waals surface area contributed by atoms with Crippen molar-refractivity contribution in [2.45, 2.75) is 25.8 Å². The Kier molecular flexibility index (Phi) is 4.04. The summed E-state index contributed by atoms with van der Waals surface area (Å²) in [5.74, 6) is 1.93. The number of hydrogen-bond acceptors (Lipinski definition) is 6. The third-order valence-electron chi connectivity index (χ3n) is 4.35. The van der Waals surface area contributed by atoms with Gasteiger partial charge in [0.25, 0.3) is 0 Å². The highest BCUT2D eigenvalue weighted by Crippen LogP contribution is 2.28. The van der Waals surface area contributed by atoms with E-state index in [1.807, 2.05) is 0 Å². The monoisotopic (exact) mass is 321 g/mol. The quantitative estimate of drug-likeness (QED) is 0.720. The predicted octanol–water partition coefficient (Wildman–Crippen LogP) is 2.69. The van der Waals surface area contributed by atoms with Gasteiger partial charge in [-0.1, -0.05) is 36.3 Å². The Bertz CT molecular complexity index is 794. The summed E-state index contributed by atoms with van der Waals surface area (Å²) in [6.45, 7) is 5.01. The molecular formula is C18H19N5O. The van der Waals surface area contributed by atoms with Gasteiger partial charge in [0.2, 0.25) is 17.5 Å². The summed E-state index contributed by atoms with van der Waals surface area (Å²) < 4.78 is 5.38. The molecule has 0 atom stereocenters. The molecule has 1 saturated heterocycles. The van der Waals surface area contributed by atoms with Gasteiger partial charge in [-0.25, -0.2) is 9.97 Å². The maximum atomic E-state index is 5.38. The zero-order chi connectivity index (χ0) is 16.4. The van der Waals surface area contributed by atoms with E-state index in [2.05, 4.69) is 56.2 Å². The van der Waals surface area contributed by atoms with Crippen molar-refractivity contribution in [1.82, 2.24) is 25.0 Å². The van der Waals surface area contributed by atoms with Crippen LogP contribution in [0, 0.1) is 0 Å². The van der Waals surface area contributed by atoms with E-state index in [9.17, 15) is 0 Å². The van der Waals surface area contributed by atoms with Crippen LogP contribution in [0.15, 0.2) is 47.2 Å². The summed E-state index contributed by atoms with van der Waals surface area (Å²) in [6.07, 6.45) is 4.43. The highest BCUT2D eigenvalue weighted by Gasteiger charge is 2.32. The highest BCUT2D eigenvalue weighted by atomic mass is 16.5. The summed E-state index contributed by atoms with van der Waals surface area (Å²) in [7, 11) is 0. The average Bonchev–Trinajstić information content (AvgIpc) is 3.08. The summed E-state index contributed by atoms with van der Waals surface area (Å²) in [5.41, 5.74) is 2.72. The van der Waals surface area contributed by atoms with Crippen LogP contribution in [0.1, 0.15) is 29.9 Å². The zero-order valence-corrected chi connectivity index (χ0v) is 13.6. The Morgan fingerprint density at radius 2 is 1.75 bits per heavy atom. The number of likely N-dealkylation sites (tertiary alicyclic amines) is 1. The van der Waals surface area contributed by atoms with E-state index >= 15 is 0 Å². The first kappa shape index (κ1) is 15.0. The standard InChI is InChI=1S/C18H19N5O/c1-2-13-4-6-14(7-5-13)10-23-11-15(12-23)18-21-17(22-24-18)16-19-8-3-9-20-16/h3-9,15H,2,10-12H2,1H3. The van der Waals surface area contributed by atoms with Gasteiger partial charge in [0.15, 0.2) is 0 Å². The van der Waals surface area contributed by atoms with Gasteiger partial charge in [0.1, 0.15) is 0 Å². The molecule has 2 aromatic heterocycles. The molecule has 6 nitrogen and oxygen atoms in total. The van der Waals surface area contributed by atoms with E-state index < -0.39 is 0 Å². The Balaban J connectivity index is 1.35. The van der Waals surface area contributed by atoms with Crippen molar-refractivity contribution in [3.05, 3.63) is 59.7 Å². The van der Waals surface area contributed by atoms with Gasteiger partial charge in [-0.2, -0.15) is 4.98 Å². The number of aryl methyl sites for hydroxylation is 1. The van der Waals surface area contributed by atoms with Crippen LogP contribution in [-0.2, 0) is 13.0 Å². The molecule has 1 fully saturated rings. The van der Waals surface area contributed by atoms with Crippen molar-refractivity contribution in [2.75, 3.05) is 13.1 Å². The first-order chi connectivity index (χ1) is 11.8. The topological polar surface area (TPSA) is 67.9 Å².